The molecule has 2 aliphatic heterocycles. The van der Waals surface area contributed by atoms with Gasteiger partial charge in [0.25, 0.3) is 5.56 Å². The van der Waals surface area contributed by atoms with Gasteiger partial charge in [-0.2, -0.15) is 0 Å². The van der Waals surface area contributed by atoms with Gasteiger partial charge in [0.2, 0.25) is 11.8 Å². The molecule has 1 saturated heterocycles. The number of rotatable bonds is 2. The lowest BCUT2D eigenvalue weighted by molar-refractivity contribution is -0.140. The van der Waals surface area contributed by atoms with Crippen molar-refractivity contribution in [1.29, 1.82) is 0 Å². The number of carbonyl (C=O) groups is 2. The van der Waals surface area contributed by atoms with E-state index in [-0.39, 0.29) is 29.2 Å². The minimum Gasteiger partial charge on any atom is -0.342 e. The molecule has 4 rings (SSSR count). The Morgan fingerprint density at radius 2 is 1.94 bits per heavy atom. The van der Waals surface area contributed by atoms with Gasteiger partial charge >= 0.3 is 0 Å². The van der Waals surface area contributed by atoms with E-state index in [0.717, 1.165) is 30.8 Å². The lowest BCUT2D eigenvalue weighted by Gasteiger charge is -2.36. The van der Waals surface area contributed by atoms with Crippen LogP contribution in [0.25, 0.3) is 5.65 Å². The van der Waals surface area contributed by atoms with E-state index in [2.05, 4.69) is 5.10 Å². The summed E-state index contributed by atoms with van der Waals surface area (Å²) in [4.78, 5) is 46.8. The lowest BCUT2D eigenvalue weighted by atomic mass is 9.90. The Morgan fingerprint density at radius 3 is 2.61 bits per heavy atom. The second-order valence-corrected chi connectivity index (χ2v) is 10.3. The SMILES string of the molecule is CC(C)C(=O)N1CCc2nc3cc([C@H]4CCCN(C(=O)C(C)(C)C)C4)[nH]n3c(=O)c2C1. The topological polar surface area (TPSA) is 90.8 Å². The average Bonchev–Trinajstić information content (AvgIpc) is 3.16. The molecule has 0 aliphatic carbocycles. The fraction of sp³-hybridized carbons (Fsp3) is 0.652. The highest BCUT2D eigenvalue weighted by molar-refractivity contribution is 5.81. The zero-order valence-corrected chi connectivity index (χ0v) is 19.2. The van der Waals surface area contributed by atoms with Crippen LogP contribution in [0, 0.1) is 11.3 Å². The number of aromatic nitrogens is 3. The van der Waals surface area contributed by atoms with Crippen LogP contribution in [0.3, 0.4) is 0 Å². The average molecular weight is 428 g/mol. The maximum absolute atomic E-state index is 13.2. The first kappa shape index (κ1) is 21.6. The highest BCUT2D eigenvalue weighted by Gasteiger charge is 2.32. The largest absolute Gasteiger partial charge is 0.342 e. The number of likely N-dealkylation sites (tertiary alicyclic amines) is 1. The van der Waals surface area contributed by atoms with Gasteiger partial charge in [-0.15, -0.1) is 0 Å². The normalized spacial score (nSPS) is 19.7. The Hall–Kier alpha value is -2.64. The Balaban J connectivity index is 1.62. The molecule has 168 valence electrons. The molecule has 0 bridgehead atoms. The summed E-state index contributed by atoms with van der Waals surface area (Å²) in [6.07, 6.45) is 2.50. The number of hydrogen-bond acceptors (Lipinski definition) is 4. The second kappa shape index (κ2) is 7.80. The van der Waals surface area contributed by atoms with Crippen LogP contribution in [0.2, 0.25) is 0 Å². The van der Waals surface area contributed by atoms with Gasteiger partial charge in [-0.25, -0.2) is 9.50 Å². The summed E-state index contributed by atoms with van der Waals surface area (Å²) < 4.78 is 1.50. The number of H-pyrrole nitrogens is 1. The molecule has 0 unspecified atom stereocenters. The van der Waals surface area contributed by atoms with Crippen molar-refractivity contribution in [2.75, 3.05) is 19.6 Å². The summed E-state index contributed by atoms with van der Waals surface area (Å²) in [5.74, 6) is 0.280. The Bertz CT molecular complexity index is 1080. The van der Waals surface area contributed by atoms with Crippen molar-refractivity contribution in [2.24, 2.45) is 11.3 Å². The van der Waals surface area contributed by atoms with Crippen LogP contribution in [-0.4, -0.2) is 55.8 Å². The van der Waals surface area contributed by atoms with E-state index in [1.165, 1.54) is 4.52 Å². The smallest absolute Gasteiger partial charge is 0.277 e. The predicted octanol–water partition coefficient (Wildman–Crippen LogP) is 2.32. The molecule has 8 heteroatoms. The van der Waals surface area contributed by atoms with Crippen molar-refractivity contribution in [3.63, 3.8) is 0 Å². The van der Waals surface area contributed by atoms with Gasteiger partial charge in [0.1, 0.15) is 0 Å². The van der Waals surface area contributed by atoms with E-state index in [1.807, 2.05) is 45.6 Å². The molecule has 0 radical (unpaired) electrons. The molecular weight excluding hydrogens is 394 g/mol. The number of piperidine rings is 1. The highest BCUT2D eigenvalue weighted by atomic mass is 16.2. The molecule has 2 amide bonds. The lowest BCUT2D eigenvalue weighted by Crippen LogP contribution is -2.44. The molecular formula is C23H33N5O3. The Labute approximate surface area is 182 Å². The first-order valence-electron chi connectivity index (χ1n) is 11.3. The number of nitrogens with one attached hydrogen (secondary N) is 1. The van der Waals surface area contributed by atoms with Crippen molar-refractivity contribution < 1.29 is 9.59 Å². The second-order valence-electron chi connectivity index (χ2n) is 10.3. The van der Waals surface area contributed by atoms with Crippen LogP contribution in [-0.2, 0) is 22.6 Å². The van der Waals surface area contributed by atoms with E-state index in [4.69, 9.17) is 4.98 Å². The Kier molecular flexibility index (Phi) is 5.43. The van der Waals surface area contributed by atoms with Crippen molar-refractivity contribution in [3.8, 4) is 0 Å². The van der Waals surface area contributed by atoms with Gasteiger partial charge < -0.3 is 9.80 Å². The summed E-state index contributed by atoms with van der Waals surface area (Å²) in [6.45, 7) is 11.9. The minimum absolute atomic E-state index is 0.0631. The fourth-order valence-corrected chi connectivity index (χ4v) is 4.65. The number of aromatic amines is 1. The van der Waals surface area contributed by atoms with Crippen molar-refractivity contribution in [3.05, 3.63) is 33.4 Å². The zero-order chi connectivity index (χ0) is 22.5. The molecule has 1 fully saturated rings. The first-order valence-corrected chi connectivity index (χ1v) is 11.3. The van der Waals surface area contributed by atoms with Gasteiger partial charge in [-0.3, -0.25) is 19.5 Å². The van der Waals surface area contributed by atoms with Crippen molar-refractivity contribution >= 4 is 17.5 Å². The van der Waals surface area contributed by atoms with Crippen molar-refractivity contribution in [2.45, 2.75) is 66.3 Å². The monoisotopic (exact) mass is 427 g/mol. The van der Waals surface area contributed by atoms with E-state index < -0.39 is 5.41 Å². The van der Waals surface area contributed by atoms with Crippen LogP contribution in [0.15, 0.2) is 10.9 Å². The molecule has 1 atom stereocenters. The zero-order valence-electron chi connectivity index (χ0n) is 19.2. The summed E-state index contributed by atoms with van der Waals surface area (Å²) in [5.41, 5.74) is 2.40. The van der Waals surface area contributed by atoms with Gasteiger partial charge in [0.05, 0.1) is 17.8 Å². The van der Waals surface area contributed by atoms with Crippen LogP contribution < -0.4 is 5.56 Å². The van der Waals surface area contributed by atoms with Gasteiger partial charge in [-0.05, 0) is 12.8 Å². The van der Waals surface area contributed by atoms with Crippen LogP contribution in [0.5, 0.6) is 0 Å². The summed E-state index contributed by atoms with van der Waals surface area (Å²) >= 11 is 0. The molecule has 2 aromatic heterocycles. The third-order valence-corrected chi connectivity index (χ3v) is 6.38. The molecule has 2 aromatic rings. The maximum atomic E-state index is 13.2. The number of carbonyl (C=O) groups excluding carboxylic acids is 2. The highest BCUT2D eigenvalue weighted by Crippen LogP contribution is 2.29. The van der Waals surface area contributed by atoms with Crippen LogP contribution >= 0.6 is 0 Å². The molecule has 31 heavy (non-hydrogen) atoms. The van der Waals surface area contributed by atoms with Gasteiger partial charge in [0.15, 0.2) is 5.65 Å². The first-order chi connectivity index (χ1) is 14.6. The Morgan fingerprint density at radius 1 is 1.19 bits per heavy atom. The number of hydrogen-bond donors (Lipinski definition) is 1. The number of amides is 2. The van der Waals surface area contributed by atoms with E-state index in [9.17, 15) is 14.4 Å². The van der Waals surface area contributed by atoms with E-state index in [1.54, 1.807) is 4.90 Å². The third-order valence-electron chi connectivity index (χ3n) is 6.38. The minimum atomic E-state index is -0.404. The molecule has 8 nitrogen and oxygen atoms in total. The predicted molar refractivity (Wildman–Crippen MR) is 118 cm³/mol. The number of fused-ring (bicyclic) bond motifs is 2. The number of nitrogens with zero attached hydrogens (tertiary/aromatic N) is 4. The third kappa shape index (κ3) is 4.00. The van der Waals surface area contributed by atoms with Gasteiger partial charge in [-0.1, -0.05) is 34.6 Å². The molecule has 4 heterocycles. The summed E-state index contributed by atoms with van der Waals surface area (Å²) in [5, 5.41) is 3.25. The summed E-state index contributed by atoms with van der Waals surface area (Å²) in [6, 6.07) is 1.95. The molecule has 2 aliphatic rings. The molecule has 0 spiro atoms. The van der Waals surface area contributed by atoms with Crippen LogP contribution in [0.4, 0.5) is 0 Å². The van der Waals surface area contributed by atoms with E-state index >= 15 is 0 Å². The van der Waals surface area contributed by atoms with Crippen molar-refractivity contribution in [1.82, 2.24) is 24.4 Å². The standard InChI is InChI=1S/C23H33N5O3/c1-14(2)20(29)26-10-8-17-16(13-26)21(30)28-19(24-17)11-18(25-28)15-7-6-9-27(12-15)22(31)23(3,4)5/h11,14-15,25H,6-10,12-13H2,1-5H3/t15-/m0/s1. The van der Waals surface area contributed by atoms with Gasteiger partial charge in [0, 0.05) is 55.1 Å². The quantitative estimate of drug-likeness (QED) is 0.796. The molecule has 0 saturated carbocycles. The molecule has 0 aromatic carbocycles. The van der Waals surface area contributed by atoms with Crippen LogP contribution in [0.1, 0.15) is 70.3 Å². The fourth-order valence-electron chi connectivity index (χ4n) is 4.65. The maximum Gasteiger partial charge on any atom is 0.277 e. The summed E-state index contributed by atoms with van der Waals surface area (Å²) in [7, 11) is 0. The molecule has 1 N–H and O–H groups in total. The van der Waals surface area contributed by atoms with E-state index in [0.29, 0.717) is 37.3 Å².